The molecule has 4 fully saturated rings. The Morgan fingerprint density at radius 2 is 1.58 bits per heavy atom. The van der Waals surface area contributed by atoms with Gasteiger partial charge in [-0.3, -0.25) is 18.7 Å². The number of carboxylic acids is 1. The largest absolute Gasteiger partial charge is 0.481 e. The highest BCUT2D eigenvalue weighted by molar-refractivity contribution is 7.79. The Balaban J connectivity index is 0.000000719. The number of ether oxygens (including phenoxy) is 2. The van der Waals surface area contributed by atoms with Crippen LogP contribution >= 0.6 is 0 Å². The molecule has 11 atom stereocenters. The molecule has 1 saturated heterocycles. The summed E-state index contributed by atoms with van der Waals surface area (Å²) in [5.41, 5.74) is 0.700. The second-order valence-corrected chi connectivity index (χ2v) is 16.8. The van der Waals surface area contributed by atoms with Crippen molar-refractivity contribution in [2.45, 2.75) is 107 Å². The lowest BCUT2D eigenvalue weighted by Crippen LogP contribution is -2.68. The number of esters is 1. The van der Waals surface area contributed by atoms with E-state index in [1.54, 1.807) is 0 Å². The molecule has 1 heterocycles. The highest BCUT2D eigenvalue weighted by atomic mass is 32.3. The van der Waals surface area contributed by atoms with Crippen LogP contribution in [0.3, 0.4) is 0 Å². The van der Waals surface area contributed by atoms with Crippen molar-refractivity contribution in [1.82, 2.24) is 0 Å². The van der Waals surface area contributed by atoms with E-state index < -0.39 is 16.4 Å². The molecule has 0 aromatic heterocycles. The zero-order chi connectivity index (χ0) is 34.6. The lowest BCUT2D eigenvalue weighted by atomic mass is 9.34. The summed E-state index contributed by atoms with van der Waals surface area (Å²) in [5, 5.41) is 17.8. The van der Waals surface area contributed by atoms with E-state index in [0.717, 1.165) is 52.2 Å². The van der Waals surface area contributed by atoms with Crippen LogP contribution in [0.2, 0.25) is 0 Å². The number of fused-ring (bicyclic) bond motifs is 3. The van der Waals surface area contributed by atoms with Crippen molar-refractivity contribution in [3.63, 3.8) is 0 Å². The summed E-state index contributed by atoms with van der Waals surface area (Å²) in [6.07, 6.45) is 8.26. The first-order valence-corrected chi connectivity index (χ1v) is 17.8. The van der Waals surface area contributed by atoms with Gasteiger partial charge in [-0.1, -0.05) is 67.0 Å². The van der Waals surface area contributed by atoms with E-state index in [2.05, 4.69) is 61.5 Å². The highest BCUT2D eigenvalue weighted by Crippen LogP contribution is 2.75. The number of allylic oxidation sites excluding steroid dienone is 1. The normalized spacial score (nSPS) is 44.2. The monoisotopic (exact) mass is 658 g/mol. The van der Waals surface area contributed by atoms with E-state index in [9.17, 15) is 14.7 Å². The molecule has 0 amide bonds. The molecule has 2 bridgehead atoms. The minimum atomic E-state index is -4.67. The average Bonchev–Trinajstić information content (AvgIpc) is 2.91. The van der Waals surface area contributed by atoms with Gasteiger partial charge in [-0.25, -0.2) is 0 Å². The topological polar surface area (TPSA) is 168 Å². The van der Waals surface area contributed by atoms with E-state index in [-0.39, 0.29) is 51.0 Å². The SMILES string of the molecule is CC(=O)O[C@@H]1C[C@@]23COC[C@@](C)([C@@H]2CC[C@H]2C3=CC[C@@]3(C)[C@H](C(=O)O)[C@@](C)([C@H](C)C(C)C)CC[C@]23C)[C@H]1C.CO.O=S(=O)(O)O. The van der Waals surface area contributed by atoms with Crippen LogP contribution in [-0.4, -0.2) is 66.1 Å². The van der Waals surface area contributed by atoms with Gasteiger partial charge in [0.25, 0.3) is 0 Å². The Bertz CT molecular complexity index is 1260. The van der Waals surface area contributed by atoms with Gasteiger partial charge >= 0.3 is 22.3 Å². The fraction of sp³-hybridized carbons (Fsp3) is 0.882. The molecular weight excluding hydrogens is 600 g/mol. The summed E-state index contributed by atoms with van der Waals surface area (Å²) in [6, 6.07) is 0. The lowest BCUT2D eigenvalue weighted by molar-refractivity contribution is -0.239. The van der Waals surface area contributed by atoms with Gasteiger partial charge in [-0.05, 0) is 78.4 Å². The zero-order valence-corrected chi connectivity index (χ0v) is 29.7. The van der Waals surface area contributed by atoms with Crippen LogP contribution < -0.4 is 0 Å². The molecule has 0 aromatic rings. The van der Waals surface area contributed by atoms with Crippen molar-refractivity contribution in [3.05, 3.63) is 11.6 Å². The van der Waals surface area contributed by atoms with Crippen molar-refractivity contribution in [2.24, 2.45) is 62.6 Å². The number of hydrogen-bond donors (Lipinski definition) is 4. The predicted molar refractivity (Wildman–Crippen MR) is 171 cm³/mol. The number of aliphatic hydroxyl groups excluding tert-OH is 1. The third-order valence-corrected chi connectivity index (χ3v) is 14.0. The van der Waals surface area contributed by atoms with E-state index in [1.165, 1.54) is 12.5 Å². The smallest absolute Gasteiger partial charge is 0.394 e. The fourth-order valence-corrected chi connectivity index (χ4v) is 11.2. The molecule has 4 aliphatic carbocycles. The van der Waals surface area contributed by atoms with Crippen molar-refractivity contribution < 1.29 is 46.8 Å². The number of aliphatic carboxylic acids is 1. The number of carbonyl (C=O) groups excluding carboxylic acids is 1. The van der Waals surface area contributed by atoms with Gasteiger partial charge in [-0.2, -0.15) is 8.42 Å². The van der Waals surface area contributed by atoms with E-state index in [4.69, 9.17) is 32.1 Å². The van der Waals surface area contributed by atoms with Crippen molar-refractivity contribution in [2.75, 3.05) is 20.3 Å². The van der Waals surface area contributed by atoms with Crippen LogP contribution in [0, 0.1) is 62.6 Å². The van der Waals surface area contributed by atoms with Crippen LogP contribution in [0.25, 0.3) is 0 Å². The van der Waals surface area contributed by atoms with Gasteiger partial charge in [0.2, 0.25) is 0 Å². The second-order valence-electron chi connectivity index (χ2n) is 15.9. The van der Waals surface area contributed by atoms with Crippen molar-refractivity contribution in [1.29, 1.82) is 0 Å². The fourth-order valence-electron chi connectivity index (χ4n) is 11.2. The quantitative estimate of drug-likeness (QED) is 0.157. The first-order valence-electron chi connectivity index (χ1n) is 16.4. The molecule has 3 saturated carbocycles. The van der Waals surface area contributed by atoms with Crippen LogP contribution in [0.4, 0.5) is 0 Å². The van der Waals surface area contributed by atoms with Crippen LogP contribution in [-0.2, 0) is 29.5 Å². The summed E-state index contributed by atoms with van der Waals surface area (Å²) in [6.45, 7) is 21.3. The highest BCUT2D eigenvalue weighted by Gasteiger charge is 2.71. The van der Waals surface area contributed by atoms with Crippen LogP contribution in [0.5, 0.6) is 0 Å². The van der Waals surface area contributed by atoms with Gasteiger partial charge < -0.3 is 19.7 Å². The number of rotatable bonds is 4. The number of carboxylic acid groups (broad SMARTS) is 1. The summed E-state index contributed by atoms with van der Waals surface area (Å²) in [4.78, 5) is 25.3. The minimum absolute atomic E-state index is 0.0362. The molecule has 0 spiro atoms. The maximum atomic E-state index is 13.2. The molecule has 260 valence electrons. The molecule has 4 N–H and O–H groups in total. The second kappa shape index (κ2) is 12.8. The molecule has 0 unspecified atom stereocenters. The zero-order valence-electron chi connectivity index (χ0n) is 28.9. The van der Waals surface area contributed by atoms with Crippen molar-refractivity contribution in [3.8, 4) is 0 Å². The predicted octanol–water partition coefficient (Wildman–Crippen LogP) is 6.10. The van der Waals surface area contributed by atoms with E-state index in [0.29, 0.717) is 30.3 Å². The Labute approximate surface area is 270 Å². The van der Waals surface area contributed by atoms with E-state index >= 15 is 0 Å². The minimum Gasteiger partial charge on any atom is -0.481 e. The molecule has 10 nitrogen and oxygen atoms in total. The first kappa shape index (κ1) is 37.9. The molecule has 5 aliphatic rings. The number of hydrogen-bond acceptors (Lipinski definition) is 7. The molecule has 5 rings (SSSR count). The third kappa shape index (κ3) is 6.14. The summed E-state index contributed by atoms with van der Waals surface area (Å²) >= 11 is 0. The summed E-state index contributed by atoms with van der Waals surface area (Å²) < 4.78 is 44.0. The van der Waals surface area contributed by atoms with Gasteiger partial charge in [0.05, 0.1) is 19.1 Å². The Kier molecular flexibility index (Phi) is 10.8. The molecule has 11 heteroatoms. The number of aliphatic hydroxyl groups is 1. The molecule has 45 heavy (non-hydrogen) atoms. The number of carbonyl (C=O) groups is 2. The maximum absolute atomic E-state index is 13.2. The first-order chi connectivity index (χ1) is 20.6. The Hall–Kier alpha value is -1.53. The lowest BCUT2D eigenvalue weighted by Gasteiger charge is -2.71. The van der Waals surface area contributed by atoms with Gasteiger partial charge in [-0.15, -0.1) is 0 Å². The van der Waals surface area contributed by atoms with Gasteiger partial charge in [0, 0.05) is 30.8 Å². The standard InChI is InChI=1S/C33H52O5.CH4O.H2O4S/c1-19(2)20(3)29(6)14-15-31(8)23-10-11-26-30(7)17-37-18-33(26,16-25(21(30)4)38-22(5)34)24(23)12-13-32(31,9)27(29)28(35)36;1-2;1-5(2,3)4/h12,19-21,23,25-27H,10-11,13-18H2,1-9H3,(H,35,36);2H,1H3;(H2,1,2,3,4)/t20-,21+,23+,25-,26+,27-,29-,30-,31-,32+,33+;;/m1../s1. The molecule has 0 radical (unpaired) electrons. The Morgan fingerprint density at radius 3 is 2.09 bits per heavy atom. The summed E-state index contributed by atoms with van der Waals surface area (Å²) in [7, 11) is -3.67. The molecule has 1 aliphatic heterocycles. The molecular formula is C34H58O10S. The van der Waals surface area contributed by atoms with Crippen LogP contribution in [0.15, 0.2) is 11.6 Å². The molecule has 0 aromatic carbocycles. The average molecular weight is 659 g/mol. The van der Waals surface area contributed by atoms with Gasteiger partial charge in [0.1, 0.15) is 6.10 Å². The Morgan fingerprint density at radius 1 is 1.00 bits per heavy atom. The maximum Gasteiger partial charge on any atom is 0.394 e. The summed E-state index contributed by atoms with van der Waals surface area (Å²) in [5.74, 6) is 0.676. The van der Waals surface area contributed by atoms with Gasteiger partial charge in [0.15, 0.2) is 0 Å². The van der Waals surface area contributed by atoms with E-state index in [1.807, 2.05) is 0 Å². The van der Waals surface area contributed by atoms with Crippen molar-refractivity contribution >= 4 is 22.3 Å². The van der Waals surface area contributed by atoms with Crippen LogP contribution in [0.1, 0.15) is 101 Å². The third-order valence-electron chi connectivity index (χ3n) is 14.0.